The highest BCUT2D eigenvalue weighted by Crippen LogP contribution is 2.20. The van der Waals surface area contributed by atoms with Crippen molar-refractivity contribution in [3.05, 3.63) is 58.6 Å². The summed E-state index contributed by atoms with van der Waals surface area (Å²) in [6.45, 7) is 2.02. The molecule has 0 aliphatic rings. The van der Waals surface area contributed by atoms with Crippen LogP contribution < -0.4 is 10.0 Å². The second-order valence-corrected chi connectivity index (χ2v) is 7.29. The van der Waals surface area contributed by atoms with E-state index in [0.717, 1.165) is 10.0 Å². The Morgan fingerprint density at radius 1 is 1.00 bits per heavy atom. The fourth-order valence-electron chi connectivity index (χ4n) is 1.83. The van der Waals surface area contributed by atoms with Gasteiger partial charge in [0.15, 0.2) is 0 Å². The number of anilines is 1. The maximum atomic E-state index is 12.3. The Labute approximate surface area is 133 Å². The quantitative estimate of drug-likeness (QED) is 0.848. The first kappa shape index (κ1) is 16.0. The largest absolute Gasteiger partial charge is 0.313 e. The molecule has 2 aromatic rings. The van der Waals surface area contributed by atoms with E-state index < -0.39 is 10.0 Å². The van der Waals surface area contributed by atoms with Crippen molar-refractivity contribution in [1.82, 2.24) is 5.32 Å². The zero-order chi connectivity index (χ0) is 15.5. The highest BCUT2D eigenvalue weighted by molar-refractivity contribution is 9.10. The van der Waals surface area contributed by atoms with Gasteiger partial charge in [0.25, 0.3) is 10.0 Å². The minimum atomic E-state index is -3.56. The van der Waals surface area contributed by atoms with E-state index in [1.165, 1.54) is 0 Å². The molecule has 0 aromatic heterocycles. The molecule has 21 heavy (non-hydrogen) atoms. The van der Waals surface area contributed by atoms with Crippen molar-refractivity contribution in [2.45, 2.75) is 17.9 Å². The Bertz CT molecular complexity index is 697. The zero-order valence-corrected chi connectivity index (χ0v) is 14.2. The molecule has 0 amide bonds. The molecule has 0 radical (unpaired) electrons. The van der Waals surface area contributed by atoms with Crippen molar-refractivity contribution in [3.8, 4) is 0 Å². The summed E-state index contributed by atoms with van der Waals surface area (Å²) >= 11 is 3.32. The summed E-state index contributed by atoms with van der Waals surface area (Å²) in [5.41, 5.74) is 1.57. The third-order valence-electron chi connectivity index (χ3n) is 3.22. The minimum Gasteiger partial charge on any atom is -0.313 e. The summed E-state index contributed by atoms with van der Waals surface area (Å²) < 4.78 is 28.1. The lowest BCUT2D eigenvalue weighted by atomic mass is 10.1. The number of hydrogen-bond donors (Lipinski definition) is 2. The molecule has 0 bridgehead atoms. The highest BCUT2D eigenvalue weighted by atomic mass is 79.9. The molecule has 2 N–H and O–H groups in total. The van der Waals surface area contributed by atoms with E-state index in [9.17, 15) is 8.42 Å². The SMILES string of the molecule is CNC(C)c1ccc(S(=O)(=O)Nc2ccc(Br)cc2)cc1. The second-order valence-electron chi connectivity index (χ2n) is 4.69. The Kier molecular flexibility index (Phi) is 5.03. The lowest BCUT2D eigenvalue weighted by Crippen LogP contribution is -2.14. The van der Waals surface area contributed by atoms with Gasteiger partial charge in [0.05, 0.1) is 4.90 Å². The van der Waals surface area contributed by atoms with Crippen molar-refractivity contribution in [1.29, 1.82) is 0 Å². The molecule has 112 valence electrons. The second kappa shape index (κ2) is 6.60. The topological polar surface area (TPSA) is 58.2 Å². The van der Waals surface area contributed by atoms with Gasteiger partial charge in [0.1, 0.15) is 0 Å². The molecule has 1 atom stereocenters. The summed E-state index contributed by atoms with van der Waals surface area (Å²) in [6, 6.07) is 14.0. The molecule has 0 saturated heterocycles. The third kappa shape index (κ3) is 4.06. The van der Waals surface area contributed by atoms with Gasteiger partial charge >= 0.3 is 0 Å². The van der Waals surface area contributed by atoms with Crippen molar-refractivity contribution in [2.24, 2.45) is 0 Å². The van der Waals surface area contributed by atoms with Crippen LogP contribution in [0, 0.1) is 0 Å². The summed E-state index contributed by atoms with van der Waals surface area (Å²) in [5.74, 6) is 0. The summed E-state index contributed by atoms with van der Waals surface area (Å²) in [4.78, 5) is 0.248. The monoisotopic (exact) mass is 368 g/mol. The van der Waals surface area contributed by atoms with Gasteiger partial charge in [-0.25, -0.2) is 8.42 Å². The molecule has 0 saturated carbocycles. The Morgan fingerprint density at radius 2 is 1.57 bits per heavy atom. The van der Waals surface area contributed by atoms with E-state index in [1.54, 1.807) is 36.4 Å². The first-order valence-corrected chi connectivity index (χ1v) is 8.75. The van der Waals surface area contributed by atoms with E-state index >= 15 is 0 Å². The van der Waals surface area contributed by atoms with Crippen molar-refractivity contribution < 1.29 is 8.42 Å². The van der Waals surface area contributed by atoms with Crippen molar-refractivity contribution >= 4 is 31.6 Å². The van der Waals surface area contributed by atoms with Gasteiger partial charge in [-0.15, -0.1) is 0 Å². The fourth-order valence-corrected chi connectivity index (χ4v) is 3.16. The molecule has 0 spiro atoms. The van der Waals surface area contributed by atoms with Crippen LogP contribution in [0.4, 0.5) is 5.69 Å². The number of sulfonamides is 1. The lowest BCUT2D eigenvalue weighted by molar-refractivity contribution is 0.601. The van der Waals surface area contributed by atoms with Crippen LogP contribution in [0.2, 0.25) is 0 Å². The maximum Gasteiger partial charge on any atom is 0.261 e. The molecule has 0 fully saturated rings. The van der Waals surface area contributed by atoms with Crippen LogP contribution in [0.5, 0.6) is 0 Å². The predicted octanol–water partition coefficient (Wildman–Crippen LogP) is 3.53. The number of rotatable bonds is 5. The van der Waals surface area contributed by atoms with Crippen molar-refractivity contribution in [3.63, 3.8) is 0 Å². The Hall–Kier alpha value is -1.37. The average Bonchev–Trinajstić information content (AvgIpc) is 2.49. The van der Waals surface area contributed by atoms with E-state index in [-0.39, 0.29) is 10.9 Å². The molecule has 0 heterocycles. The molecule has 1 unspecified atom stereocenters. The lowest BCUT2D eigenvalue weighted by Gasteiger charge is -2.12. The van der Waals surface area contributed by atoms with Gasteiger partial charge in [-0.3, -0.25) is 4.72 Å². The van der Waals surface area contributed by atoms with Crippen LogP contribution in [0.1, 0.15) is 18.5 Å². The molecule has 2 rings (SSSR count). The number of halogens is 1. The molecule has 6 heteroatoms. The van der Waals surface area contributed by atoms with Crippen LogP contribution in [-0.2, 0) is 10.0 Å². The molecular weight excluding hydrogens is 352 g/mol. The van der Waals surface area contributed by atoms with Gasteiger partial charge in [-0.2, -0.15) is 0 Å². The molecular formula is C15H17BrN2O2S. The van der Waals surface area contributed by atoms with E-state index in [2.05, 4.69) is 26.0 Å². The Balaban J connectivity index is 2.21. The molecule has 4 nitrogen and oxygen atoms in total. The number of nitrogens with one attached hydrogen (secondary N) is 2. The van der Waals surface area contributed by atoms with Crippen LogP contribution in [-0.4, -0.2) is 15.5 Å². The summed E-state index contributed by atoms with van der Waals surface area (Å²) in [7, 11) is -1.70. The number of hydrogen-bond acceptors (Lipinski definition) is 3. The summed E-state index contributed by atoms with van der Waals surface area (Å²) in [5, 5.41) is 3.12. The van der Waals surface area contributed by atoms with E-state index in [4.69, 9.17) is 0 Å². The van der Waals surface area contributed by atoms with Crippen LogP contribution >= 0.6 is 15.9 Å². The van der Waals surface area contributed by atoms with Gasteiger partial charge in [0, 0.05) is 16.2 Å². The van der Waals surface area contributed by atoms with Crippen LogP contribution in [0.15, 0.2) is 57.9 Å². The molecule has 2 aromatic carbocycles. The van der Waals surface area contributed by atoms with Gasteiger partial charge in [-0.05, 0) is 55.9 Å². The third-order valence-corrected chi connectivity index (χ3v) is 5.15. The van der Waals surface area contributed by atoms with E-state index in [0.29, 0.717) is 5.69 Å². The highest BCUT2D eigenvalue weighted by Gasteiger charge is 2.14. The molecule has 0 aliphatic heterocycles. The average molecular weight is 369 g/mol. The zero-order valence-electron chi connectivity index (χ0n) is 11.8. The standard InChI is InChI=1S/C15H17BrN2O2S/c1-11(17-2)12-3-9-15(10-4-12)21(19,20)18-14-7-5-13(16)6-8-14/h3-11,17-18H,1-2H3. The van der Waals surface area contributed by atoms with Crippen molar-refractivity contribution in [2.75, 3.05) is 11.8 Å². The normalized spacial score (nSPS) is 12.9. The maximum absolute atomic E-state index is 12.3. The van der Waals surface area contributed by atoms with Gasteiger partial charge < -0.3 is 5.32 Å². The number of benzene rings is 2. The van der Waals surface area contributed by atoms with E-state index in [1.807, 2.05) is 26.1 Å². The smallest absolute Gasteiger partial charge is 0.261 e. The van der Waals surface area contributed by atoms with Crippen LogP contribution in [0.3, 0.4) is 0 Å². The summed E-state index contributed by atoms with van der Waals surface area (Å²) in [6.07, 6.45) is 0. The van der Waals surface area contributed by atoms with Gasteiger partial charge in [-0.1, -0.05) is 28.1 Å². The Morgan fingerprint density at radius 3 is 2.10 bits per heavy atom. The van der Waals surface area contributed by atoms with Crippen LogP contribution in [0.25, 0.3) is 0 Å². The van der Waals surface area contributed by atoms with Gasteiger partial charge in [0.2, 0.25) is 0 Å². The first-order valence-electron chi connectivity index (χ1n) is 6.48. The fraction of sp³-hybridized carbons (Fsp3) is 0.200. The predicted molar refractivity (Wildman–Crippen MR) is 88.9 cm³/mol. The first-order chi connectivity index (χ1) is 9.92. The minimum absolute atomic E-state index is 0.182. The molecule has 0 aliphatic carbocycles.